The average Bonchev–Trinajstić information content (AvgIpc) is 2.43. The largest absolute Gasteiger partial charge is 0.417 e. The Hall–Kier alpha value is -1.71. The number of rotatable bonds is 3. The van der Waals surface area contributed by atoms with Gasteiger partial charge in [-0.25, -0.2) is 4.79 Å². The van der Waals surface area contributed by atoms with E-state index in [1.54, 1.807) is 18.2 Å². The molecule has 20 heavy (non-hydrogen) atoms. The van der Waals surface area contributed by atoms with Gasteiger partial charge in [0.05, 0.1) is 5.02 Å². The third-order valence-electron chi connectivity index (χ3n) is 2.68. The van der Waals surface area contributed by atoms with Crippen molar-refractivity contribution < 1.29 is 9.53 Å². The van der Waals surface area contributed by atoms with Gasteiger partial charge in [0.2, 0.25) is 0 Å². The fourth-order valence-electron chi connectivity index (χ4n) is 1.67. The van der Waals surface area contributed by atoms with Crippen LogP contribution in [0.1, 0.15) is 12.5 Å². The van der Waals surface area contributed by atoms with E-state index in [9.17, 15) is 4.79 Å². The van der Waals surface area contributed by atoms with Crippen LogP contribution in [-0.4, -0.2) is 6.09 Å². The number of nitrogens with one attached hydrogen (secondary N) is 1. The SMILES string of the molecule is CCc1cccc(NC(=O)Oc2cc(Cl)ccc2Cl)c1. The summed E-state index contributed by atoms with van der Waals surface area (Å²) in [5.41, 5.74) is 1.80. The molecule has 0 aromatic heterocycles. The highest BCUT2D eigenvalue weighted by Gasteiger charge is 2.09. The molecule has 3 nitrogen and oxygen atoms in total. The second kappa shape index (κ2) is 6.64. The standard InChI is InChI=1S/C15H13Cl2NO2/c1-2-10-4-3-5-12(8-10)18-15(19)20-14-9-11(16)6-7-13(14)17/h3-9H,2H2,1H3,(H,18,19). The maximum Gasteiger partial charge on any atom is 0.417 e. The topological polar surface area (TPSA) is 38.3 Å². The molecule has 0 atom stereocenters. The predicted molar refractivity (Wildman–Crippen MR) is 81.9 cm³/mol. The number of halogens is 2. The molecule has 2 rings (SSSR count). The Kier molecular flexibility index (Phi) is 4.88. The Morgan fingerprint density at radius 1 is 1.20 bits per heavy atom. The quantitative estimate of drug-likeness (QED) is 0.849. The third-order valence-corrected chi connectivity index (χ3v) is 3.22. The van der Waals surface area contributed by atoms with Crippen LogP contribution in [0.25, 0.3) is 0 Å². The maximum absolute atomic E-state index is 11.8. The van der Waals surface area contributed by atoms with Gasteiger partial charge >= 0.3 is 6.09 Å². The highest BCUT2D eigenvalue weighted by Crippen LogP contribution is 2.28. The van der Waals surface area contributed by atoms with Gasteiger partial charge in [0.1, 0.15) is 0 Å². The first kappa shape index (κ1) is 14.7. The lowest BCUT2D eigenvalue weighted by Crippen LogP contribution is -2.17. The van der Waals surface area contributed by atoms with E-state index in [-0.39, 0.29) is 5.75 Å². The number of anilines is 1. The zero-order valence-corrected chi connectivity index (χ0v) is 12.3. The minimum Gasteiger partial charge on any atom is -0.408 e. The first-order valence-corrected chi connectivity index (χ1v) is 6.87. The number of amides is 1. The van der Waals surface area contributed by atoms with Crippen LogP contribution in [0.3, 0.4) is 0 Å². The van der Waals surface area contributed by atoms with E-state index >= 15 is 0 Å². The van der Waals surface area contributed by atoms with E-state index in [0.29, 0.717) is 15.7 Å². The molecule has 0 saturated heterocycles. The number of benzene rings is 2. The lowest BCUT2D eigenvalue weighted by atomic mass is 10.1. The molecule has 0 saturated carbocycles. The Morgan fingerprint density at radius 3 is 2.75 bits per heavy atom. The summed E-state index contributed by atoms with van der Waals surface area (Å²) in [5, 5.41) is 3.42. The normalized spacial score (nSPS) is 10.2. The Labute approximate surface area is 127 Å². The van der Waals surface area contributed by atoms with Crippen LogP contribution in [0.2, 0.25) is 10.0 Å². The maximum atomic E-state index is 11.8. The fraction of sp³-hybridized carbons (Fsp3) is 0.133. The minimum absolute atomic E-state index is 0.225. The molecule has 1 amide bonds. The Balaban J connectivity index is 2.07. The first-order valence-electron chi connectivity index (χ1n) is 6.11. The van der Waals surface area contributed by atoms with E-state index in [0.717, 1.165) is 12.0 Å². The smallest absolute Gasteiger partial charge is 0.408 e. The minimum atomic E-state index is -0.609. The summed E-state index contributed by atoms with van der Waals surface area (Å²) in [7, 11) is 0. The average molecular weight is 310 g/mol. The van der Waals surface area contributed by atoms with Crippen molar-refractivity contribution in [3.8, 4) is 5.75 Å². The molecule has 0 unspecified atom stereocenters. The molecule has 5 heteroatoms. The van der Waals surface area contributed by atoms with Crippen LogP contribution in [0, 0.1) is 0 Å². The van der Waals surface area contributed by atoms with E-state index in [4.69, 9.17) is 27.9 Å². The molecule has 0 aliphatic carbocycles. The summed E-state index contributed by atoms with van der Waals surface area (Å²) in [5.74, 6) is 0.225. The molecule has 0 bridgehead atoms. The van der Waals surface area contributed by atoms with Crippen LogP contribution in [0.15, 0.2) is 42.5 Å². The fourth-order valence-corrected chi connectivity index (χ4v) is 1.99. The van der Waals surface area contributed by atoms with Gasteiger partial charge in [-0.15, -0.1) is 0 Å². The zero-order valence-electron chi connectivity index (χ0n) is 10.8. The molecule has 0 fully saturated rings. The van der Waals surface area contributed by atoms with Gasteiger partial charge in [-0.3, -0.25) is 5.32 Å². The number of hydrogen-bond acceptors (Lipinski definition) is 2. The highest BCUT2D eigenvalue weighted by atomic mass is 35.5. The Morgan fingerprint density at radius 2 is 2.00 bits per heavy atom. The van der Waals surface area contributed by atoms with E-state index < -0.39 is 6.09 Å². The summed E-state index contributed by atoms with van der Waals surface area (Å²) in [6.45, 7) is 2.04. The van der Waals surface area contributed by atoms with Crippen LogP contribution >= 0.6 is 23.2 Å². The number of ether oxygens (including phenoxy) is 1. The van der Waals surface area contributed by atoms with Gasteiger partial charge in [0, 0.05) is 16.8 Å². The number of carbonyl (C=O) groups is 1. The summed E-state index contributed by atoms with van der Waals surface area (Å²) in [6, 6.07) is 12.2. The predicted octanol–water partition coefficient (Wildman–Crippen LogP) is 5.17. The van der Waals surface area contributed by atoms with Gasteiger partial charge < -0.3 is 4.74 Å². The lowest BCUT2D eigenvalue weighted by molar-refractivity contribution is 0.215. The van der Waals surface area contributed by atoms with Crippen molar-refractivity contribution in [2.45, 2.75) is 13.3 Å². The molecule has 2 aromatic carbocycles. The molecule has 1 N–H and O–H groups in total. The second-order valence-electron chi connectivity index (χ2n) is 4.14. The van der Waals surface area contributed by atoms with Gasteiger partial charge in [-0.2, -0.15) is 0 Å². The van der Waals surface area contributed by atoms with Crippen molar-refractivity contribution >= 4 is 35.0 Å². The summed E-state index contributed by atoms with van der Waals surface area (Å²) in [6.07, 6.45) is 0.285. The Bertz CT molecular complexity index is 629. The van der Waals surface area contributed by atoms with Crippen molar-refractivity contribution in [1.29, 1.82) is 0 Å². The lowest BCUT2D eigenvalue weighted by Gasteiger charge is -2.09. The van der Waals surface area contributed by atoms with E-state index in [2.05, 4.69) is 5.32 Å². The van der Waals surface area contributed by atoms with Crippen molar-refractivity contribution in [3.63, 3.8) is 0 Å². The number of hydrogen-bond donors (Lipinski definition) is 1. The van der Waals surface area contributed by atoms with Crippen molar-refractivity contribution in [2.24, 2.45) is 0 Å². The van der Waals surface area contributed by atoms with Gasteiger partial charge in [-0.1, -0.05) is 42.3 Å². The second-order valence-corrected chi connectivity index (χ2v) is 4.99. The molecule has 0 heterocycles. The molecular formula is C15H13Cl2NO2. The van der Waals surface area contributed by atoms with Crippen LogP contribution in [-0.2, 0) is 6.42 Å². The number of aryl methyl sites for hydroxylation is 1. The zero-order chi connectivity index (χ0) is 14.5. The molecule has 104 valence electrons. The summed E-state index contributed by atoms with van der Waals surface area (Å²) < 4.78 is 5.14. The summed E-state index contributed by atoms with van der Waals surface area (Å²) in [4.78, 5) is 11.8. The van der Waals surface area contributed by atoms with E-state index in [1.165, 1.54) is 6.07 Å². The van der Waals surface area contributed by atoms with Gasteiger partial charge in [-0.05, 0) is 36.2 Å². The third kappa shape index (κ3) is 3.89. The van der Waals surface area contributed by atoms with E-state index in [1.807, 2.05) is 25.1 Å². The molecule has 2 aromatic rings. The van der Waals surface area contributed by atoms with Crippen molar-refractivity contribution in [2.75, 3.05) is 5.32 Å². The molecule has 0 aliphatic heterocycles. The first-order chi connectivity index (χ1) is 9.58. The molecule has 0 radical (unpaired) electrons. The van der Waals surface area contributed by atoms with Crippen molar-refractivity contribution in [3.05, 3.63) is 58.1 Å². The van der Waals surface area contributed by atoms with Crippen LogP contribution < -0.4 is 10.1 Å². The highest BCUT2D eigenvalue weighted by molar-refractivity contribution is 6.34. The molecule has 0 spiro atoms. The van der Waals surface area contributed by atoms with Gasteiger partial charge in [0.15, 0.2) is 5.75 Å². The molecule has 0 aliphatic rings. The number of carbonyl (C=O) groups excluding carboxylic acids is 1. The monoisotopic (exact) mass is 309 g/mol. The van der Waals surface area contributed by atoms with Crippen LogP contribution in [0.5, 0.6) is 5.75 Å². The van der Waals surface area contributed by atoms with Crippen molar-refractivity contribution in [1.82, 2.24) is 0 Å². The van der Waals surface area contributed by atoms with Crippen LogP contribution in [0.4, 0.5) is 10.5 Å². The summed E-state index contributed by atoms with van der Waals surface area (Å²) >= 11 is 11.8. The molecular weight excluding hydrogens is 297 g/mol. The van der Waals surface area contributed by atoms with Gasteiger partial charge in [0.25, 0.3) is 0 Å².